The van der Waals surface area contributed by atoms with E-state index in [2.05, 4.69) is 0 Å². The molecule has 0 bridgehead atoms. The van der Waals surface area contributed by atoms with Crippen molar-refractivity contribution in [3.8, 4) is 0 Å². The Morgan fingerprint density at radius 3 is 2.23 bits per heavy atom. The van der Waals surface area contributed by atoms with Gasteiger partial charge in [-0.2, -0.15) is 4.31 Å². The molecule has 3 nitrogen and oxygen atoms in total. The molecule has 0 saturated heterocycles. The Kier molecular flexibility index (Phi) is 3.96. The van der Waals surface area contributed by atoms with Crippen molar-refractivity contribution in [3.05, 3.63) is 78.4 Å². The maximum absolute atomic E-state index is 12.6. The molecule has 4 heteroatoms. The molecule has 0 aliphatic rings. The van der Waals surface area contributed by atoms with Gasteiger partial charge in [0.1, 0.15) is 0 Å². The molecule has 0 N–H and O–H groups in total. The van der Waals surface area contributed by atoms with Gasteiger partial charge in [-0.15, -0.1) is 0 Å². The summed E-state index contributed by atoms with van der Waals surface area (Å²) < 4.78 is 26.6. The topological polar surface area (TPSA) is 37.4 Å². The van der Waals surface area contributed by atoms with Crippen molar-refractivity contribution in [2.24, 2.45) is 0 Å². The quantitative estimate of drug-likeness (QED) is 0.737. The van der Waals surface area contributed by atoms with Crippen molar-refractivity contribution < 1.29 is 8.42 Å². The molecular weight excluding hydrogens is 294 g/mol. The van der Waals surface area contributed by atoms with Crippen LogP contribution in [0.2, 0.25) is 0 Å². The maximum atomic E-state index is 12.6. The first kappa shape index (κ1) is 14.8. The minimum absolute atomic E-state index is 0.317. The van der Waals surface area contributed by atoms with Gasteiger partial charge in [-0.1, -0.05) is 60.7 Å². The van der Waals surface area contributed by atoms with E-state index in [1.807, 2.05) is 48.5 Å². The lowest BCUT2D eigenvalue weighted by Gasteiger charge is -2.18. The number of hydrogen-bond acceptors (Lipinski definition) is 2. The van der Waals surface area contributed by atoms with Gasteiger partial charge in [-0.25, -0.2) is 8.42 Å². The average molecular weight is 311 g/mol. The van der Waals surface area contributed by atoms with Crippen LogP contribution in [0, 0.1) is 0 Å². The Bertz CT molecular complexity index is 884. The molecule has 0 heterocycles. The third-order valence-corrected chi connectivity index (χ3v) is 5.54. The number of benzene rings is 3. The predicted octanol–water partition coefficient (Wildman–Crippen LogP) is 3.66. The largest absolute Gasteiger partial charge is 0.243 e. The minimum atomic E-state index is -3.47. The standard InChI is InChI=1S/C18H17NO2S/c1-19(22(20,21)17-11-3-2-4-12-17)14-16-10-7-9-15-8-5-6-13-18(15)16/h2-13H,14H2,1H3. The van der Waals surface area contributed by atoms with Crippen LogP contribution in [0.15, 0.2) is 77.7 Å². The highest BCUT2D eigenvalue weighted by molar-refractivity contribution is 7.89. The molecule has 112 valence electrons. The van der Waals surface area contributed by atoms with Crippen LogP contribution in [0.3, 0.4) is 0 Å². The average Bonchev–Trinajstić information content (AvgIpc) is 2.56. The molecule has 0 aliphatic carbocycles. The predicted molar refractivity (Wildman–Crippen MR) is 89.0 cm³/mol. The first-order valence-corrected chi connectivity index (χ1v) is 8.51. The zero-order chi connectivity index (χ0) is 15.6. The molecule has 0 radical (unpaired) electrons. The second-order valence-corrected chi connectivity index (χ2v) is 7.26. The lowest BCUT2D eigenvalue weighted by molar-refractivity contribution is 0.468. The van der Waals surface area contributed by atoms with Gasteiger partial charge < -0.3 is 0 Å². The van der Waals surface area contributed by atoms with Crippen LogP contribution in [0.5, 0.6) is 0 Å². The first-order chi connectivity index (χ1) is 10.6. The lowest BCUT2D eigenvalue weighted by Crippen LogP contribution is -2.26. The zero-order valence-corrected chi connectivity index (χ0v) is 13.1. The first-order valence-electron chi connectivity index (χ1n) is 7.07. The molecule has 3 rings (SSSR count). The number of fused-ring (bicyclic) bond motifs is 1. The summed E-state index contributed by atoms with van der Waals surface area (Å²) >= 11 is 0. The maximum Gasteiger partial charge on any atom is 0.243 e. The summed E-state index contributed by atoms with van der Waals surface area (Å²) in [5.74, 6) is 0. The molecule has 0 amide bonds. The number of nitrogens with zero attached hydrogens (tertiary/aromatic N) is 1. The van der Waals surface area contributed by atoms with Gasteiger partial charge >= 0.3 is 0 Å². The fraction of sp³-hybridized carbons (Fsp3) is 0.111. The summed E-state index contributed by atoms with van der Waals surface area (Å²) in [4.78, 5) is 0.317. The third kappa shape index (κ3) is 2.75. The zero-order valence-electron chi connectivity index (χ0n) is 12.3. The van der Waals surface area contributed by atoms with E-state index in [4.69, 9.17) is 0 Å². The van der Waals surface area contributed by atoms with Crippen molar-refractivity contribution in [1.82, 2.24) is 4.31 Å². The van der Waals surface area contributed by atoms with Gasteiger partial charge in [0.05, 0.1) is 4.90 Å². The molecule has 0 unspecified atom stereocenters. The van der Waals surface area contributed by atoms with E-state index in [9.17, 15) is 8.42 Å². The van der Waals surface area contributed by atoms with E-state index in [1.54, 1.807) is 31.3 Å². The van der Waals surface area contributed by atoms with Crippen LogP contribution in [0.25, 0.3) is 10.8 Å². The van der Waals surface area contributed by atoms with Crippen molar-refractivity contribution in [2.75, 3.05) is 7.05 Å². The van der Waals surface area contributed by atoms with E-state index in [-0.39, 0.29) is 0 Å². The molecule has 0 atom stereocenters. The lowest BCUT2D eigenvalue weighted by atomic mass is 10.0. The summed E-state index contributed by atoms with van der Waals surface area (Å²) in [5, 5.41) is 2.20. The molecular formula is C18H17NO2S. The fourth-order valence-electron chi connectivity index (χ4n) is 2.53. The molecule has 0 aliphatic heterocycles. The van der Waals surface area contributed by atoms with Crippen molar-refractivity contribution in [1.29, 1.82) is 0 Å². The molecule has 0 spiro atoms. The Hall–Kier alpha value is -2.17. The van der Waals surface area contributed by atoms with E-state index in [0.717, 1.165) is 16.3 Å². The van der Waals surface area contributed by atoms with Crippen molar-refractivity contribution >= 4 is 20.8 Å². The van der Waals surface area contributed by atoms with Gasteiger partial charge in [-0.05, 0) is 28.5 Å². The normalized spacial score (nSPS) is 11.9. The highest BCUT2D eigenvalue weighted by Gasteiger charge is 2.20. The van der Waals surface area contributed by atoms with Crippen molar-refractivity contribution in [3.63, 3.8) is 0 Å². The van der Waals surface area contributed by atoms with Gasteiger partial charge in [0.25, 0.3) is 0 Å². The minimum Gasteiger partial charge on any atom is -0.207 e. The Balaban J connectivity index is 1.95. The molecule has 0 saturated carbocycles. The van der Waals surface area contributed by atoms with Crippen LogP contribution < -0.4 is 0 Å². The van der Waals surface area contributed by atoms with E-state index < -0.39 is 10.0 Å². The Morgan fingerprint density at radius 2 is 1.45 bits per heavy atom. The Labute approximate surface area is 130 Å². The Morgan fingerprint density at radius 1 is 0.818 bits per heavy atom. The second kappa shape index (κ2) is 5.91. The van der Waals surface area contributed by atoms with Crippen LogP contribution in [0.4, 0.5) is 0 Å². The van der Waals surface area contributed by atoms with E-state index >= 15 is 0 Å². The second-order valence-electron chi connectivity index (χ2n) is 5.21. The van der Waals surface area contributed by atoms with Gasteiger partial charge in [0.15, 0.2) is 0 Å². The summed E-state index contributed by atoms with van der Waals surface area (Å²) in [5.41, 5.74) is 1.00. The number of rotatable bonds is 4. The van der Waals surface area contributed by atoms with Crippen molar-refractivity contribution in [2.45, 2.75) is 11.4 Å². The summed E-state index contributed by atoms with van der Waals surface area (Å²) in [7, 11) is -1.86. The van der Waals surface area contributed by atoms with Gasteiger partial charge in [-0.3, -0.25) is 0 Å². The van der Waals surface area contributed by atoms with Crippen LogP contribution in [0.1, 0.15) is 5.56 Å². The monoisotopic (exact) mass is 311 g/mol. The molecule has 3 aromatic carbocycles. The highest BCUT2D eigenvalue weighted by Crippen LogP contribution is 2.22. The van der Waals surface area contributed by atoms with Crippen LogP contribution in [-0.2, 0) is 16.6 Å². The number of sulfonamides is 1. The SMILES string of the molecule is CN(Cc1cccc2ccccc12)S(=O)(=O)c1ccccc1. The molecule has 0 aromatic heterocycles. The third-order valence-electron chi connectivity index (χ3n) is 3.72. The van der Waals surface area contributed by atoms with Gasteiger partial charge in [0.2, 0.25) is 10.0 Å². The highest BCUT2D eigenvalue weighted by atomic mass is 32.2. The van der Waals surface area contributed by atoms with Gasteiger partial charge in [0, 0.05) is 13.6 Å². The van der Waals surface area contributed by atoms with E-state index in [1.165, 1.54) is 4.31 Å². The summed E-state index contributed by atoms with van der Waals surface area (Å²) in [6, 6.07) is 22.5. The number of hydrogen-bond donors (Lipinski definition) is 0. The molecule has 3 aromatic rings. The smallest absolute Gasteiger partial charge is 0.207 e. The van der Waals surface area contributed by atoms with Crippen LogP contribution in [-0.4, -0.2) is 19.8 Å². The van der Waals surface area contributed by atoms with E-state index in [0.29, 0.717) is 11.4 Å². The summed E-state index contributed by atoms with van der Waals surface area (Å²) in [6.45, 7) is 0.346. The molecule has 22 heavy (non-hydrogen) atoms. The van der Waals surface area contributed by atoms with Crippen LogP contribution >= 0.6 is 0 Å². The summed E-state index contributed by atoms with van der Waals surface area (Å²) in [6.07, 6.45) is 0. The molecule has 0 fully saturated rings. The fourth-order valence-corrected chi connectivity index (χ4v) is 3.70.